The Balaban J connectivity index is -0.00000000364. The Bertz CT molecular complexity index is 89.3. The van der Waals surface area contributed by atoms with E-state index in [-0.39, 0.29) is 171 Å². The van der Waals surface area contributed by atoms with Crippen molar-refractivity contribution in [2.24, 2.45) is 0 Å². The molecule has 0 fully saturated rings. The normalized spacial score (nSPS) is 2.84. The molecule has 0 atom stereocenters. The fourth-order valence-corrected chi connectivity index (χ4v) is 0.342. The second-order valence-corrected chi connectivity index (χ2v) is 1.08. The van der Waals surface area contributed by atoms with E-state index in [2.05, 4.69) is 6.07 Å². The van der Waals surface area contributed by atoms with Gasteiger partial charge in [0, 0.05) is 98.1 Å². The van der Waals surface area contributed by atoms with E-state index >= 15 is 0 Å². The molecule has 0 bridgehead atoms. The third-order valence-corrected chi connectivity index (χ3v) is 0.607. The Hall–Kier alpha value is 3.22. The molecule has 113 valence electrons. The van der Waals surface area contributed by atoms with Gasteiger partial charge in [-0.1, -0.05) is 13.8 Å². The van der Waals surface area contributed by atoms with Crippen LogP contribution in [-0.2, 0) is 119 Å². The van der Waals surface area contributed by atoms with Crippen LogP contribution in [0.4, 0.5) is 0 Å². The van der Waals surface area contributed by atoms with Crippen LogP contribution in [-0.4, -0.2) is 0 Å². The molecule has 0 nitrogen and oxygen atoms in total. The first-order valence-corrected chi connectivity index (χ1v) is 2.91. The van der Waals surface area contributed by atoms with Crippen LogP contribution in [0.3, 0.4) is 0 Å². The Kier molecular flexibility index (Phi) is 515. The molecule has 0 aliphatic carbocycles. The van der Waals surface area contributed by atoms with Crippen molar-refractivity contribution in [3.63, 3.8) is 0 Å². The maximum Gasteiger partial charge on any atom is 2.00 e. The van der Waals surface area contributed by atoms with Crippen LogP contribution in [0.1, 0.15) is 13.8 Å². The van der Waals surface area contributed by atoms with Gasteiger partial charge in [0.15, 0.2) is 0 Å². The van der Waals surface area contributed by atoms with Crippen LogP contribution < -0.4 is 0 Å². The van der Waals surface area contributed by atoms with Crippen LogP contribution in [0, 0.1) is 58.1 Å². The zero-order valence-electron chi connectivity index (χ0n) is 14.5. The summed E-state index contributed by atoms with van der Waals surface area (Å²) >= 11 is 0. The molecule has 19 heavy (non-hydrogen) atoms. The predicted octanol–water partition coefficient (Wildman–Crippen LogP) is 5.66. The molecule has 0 saturated carbocycles. The fourth-order valence-electron chi connectivity index (χ4n) is 0.342. The van der Waals surface area contributed by atoms with E-state index < -0.39 is 0 Å². The number of benzene rings is 1. The second-order valence-electron chi connectivity index (χ2n) is 1.08. The first kappa shape index (κ1) is 95.8. The topological polar surface area (TPSA) is 0 Å². The second kappa shape index (κ2) is 102. The van der Waals surface area contributed by atoms with Gasteiger partial charge < -0.3 is 52.0 Å². The standard InChI is InChI=1S/C6H5.C2H6.7CH3.W.3Y/c1-2-4-6-5-3-1;1-2;;;;;;;;;;;/h1-5H;1-2H3;7*1H3;;;;/q-1;;7*-1;+2;;;. The molecule has 0 aromatic heterocycles. The molecule has 0 saturated heterocycles. The van der Waals surface area contributed by atoms with Crippen molar-refractivity contribution in [1.82, 2.24) is 0 Å². The first-order chi connectivity index (χ1) is 4.00. The maximum absolute atomic E-state index is 2.89. The summed E-state index contributed by atoms with van der Waals surface area (Å²) in [6, 6.07) is 12.5. The van der Waals surface area contributed by atoms with Gasteiger partial charge in [-0.25, -0.2) is 0 Å². The average molecular weight is 663 g/mol. The van der Waals surface area contributed by atoms with Gasteiger partial charge in [-0.3, -0.25) is 0 Å². The van der Waals surface area contributed by atoms with Gasteiger partial charge in [0.2, 0.25) is 0 Å². The summed E-state index contributed by atoms with van der Waals surface area (Å²) in [6.45, 7) is 4.00. The van der Waals surface area contributed by atoms with E-state index in [1.807, 2.05) is 44.2 Å². The third kappa shape index (κ3) is 92.2. The predicted molar refractivity (Wildman–Crippen MR) is 81.5 cm³/mol. The number of hydrogen-bond acceptors (Lipinski definition) is 0. The number of hydrogen-bond donors (Lipinski definition) is 0. The van der Waals surface area contributed by atoms with Crippen LogP contribution in [0.5, 0.6) is 0 Å². The molecule has 0 heterocycles. The Morgan fingerprint density at radius 1 is 0.526 bits per heavy atom. The van der Waals surface area contributed by atoms with Crippen molar-refractivity contribution in [3.05, 3.63) is 88.4 Å². The molecule has 0 unspecified atom stereocenters. The summed E-state index contributed by atoms with van der Waals surface area (Å²) < 4.78 is 0. The van der Waals surface area contributed by atoms with Crippen molar-refractivity contribution in [2.75, 3.05) is 0 Å². The third-order valence-electron chi connectivity index (χ3n) is 0.607. The molecular formula is C15H32WY3-6. The molecule has 1 aromatic carbocycles. The minimum absolute atomic E-state index is 0. The summed E-state index contributed by atoms with van der Waals surface area (Å²) in [5, 5.41) is 0. The summed E-state index contributed by atoms with van der Waals surface area (Å²) in [4.78, 5) is 0. The number of rotatable bonds is 0. The Labute approximate surface area is 217 Å². The van der Waals surface area contributed by atoms with Crippen molar-refractivity contribution in [1.29, 1.82) is 0 Å². The van der Waals surface area contributed by atoms with E-state index in [1.165, 1.54) is 0 Å². The molecule has 1 aromatic rings. The van der Waals surface area contributed by atoms with Gasteiger partial charge in [0.1, 0.15) is 0 Å². The Morgan fingerprint density at radius 3 is 0.789 bits per heavy atom. The minimum atomic E-state index is 0. The zero-order chi connectivity index (χ0) is 6.24. The van der Waals surface area contributed by atoms with Gasteiger partial charge in [-0.15, -0.1) is 0 Å². The smallest absolute Gasteiger partial charge is 0.358 e. The minimum Gasteiger partial charge on any atom is -0.358 e. The molecular weight excluding hydrogens is 631 g/mol. The van der Waals surface area contributed by atoms with E-state index in [1.54, 1.807) is 0 Å². The van der Waals surface area contributed by atoms with Gasteiger partial charge in [0.05, 0.1) is 0 Å². The molecule has 0 amide bonds. The van der Waals surface area contributed by atoms with Crippen molar-refractivity contribution in [2.45, 2.75) is 13.8 Å². The molecule has 0 aliphatic heterocycles. The SMILES string of the molecule is CC.[CH3-].[CH3-].[CH3-].[CH3-].[CH3-].[CH3-].[CH3-].[W+2].[Y].[Y].[Y].[c-]1ccccc1. The first-order valence-electron chi connectivity index (χ1n) is 2.91. The van der Waals surface area contributed by atoms with Gasteiger partial charge in [0.25, 0.3) is 0 Å². The van der Waals surface area contributed by atoms with E-state index in [0.29, 0.717) is 0 Å². The Morgan fingerprint density at radius 2 is 0.737 bits per heavy atom. The van der Waals surface area contributed by atoms with E-state index in [4.69, 9.17) is 0 Å². The summed E-state index contributed by atoms with van der Waals surface area (Å²) in [5.41, 5.74) is 0. The monoisotopic (exact) mass is 663 g/mol. The molecule has 0 N–H and O–H groups in total. The molecule has 0 spiro atoms. The van der Waals surface area contributed by atoms with E-state index in [0.717, 1.165) is 0 Å². The maximum atomic E-state index is 2.89. The van der Waals surface area contributed by atoms with Gasteiger partial charge in [-0.05, 0) is 0 Å². The largest absolute Gasteiger partial charge is 2.00 e. The van der Waals surface area contributed by atoms with Crippen LogP contribution in [0.25, 0.3) is 0 Å². The molecule has 4 heteroatoms. The molecule has 1 rings (SSSR count). The van der Waals surface area contributed by atoms with Crippen molar-refractivity contribution in [3.8, 4) is 0 Å². The summed E-state index contributed by atoms with van der Waals surface area (Å²) in [6.07, 6.45) is 0. The van der Waals surface area contributed by atoms with Gasteiger partial charge >= 0.3 is 21.1 Å². The van der Waals surface area contributed by atoms with Gasteiger partial charge in [-0.2, -0.15) is 36.4 Å². The quantitative estimate of drug-likeness (QED) is 0.315. The average Bonchev–Trinajstić information content (AvgIpc) is 1.96. The van der Waals surface area contributed by atoms with Crippen LogP contribution in [0.2, 0.25) is 0 Å². The van der Waals surface area contributed by atoms with Crippen molar-refractivity contribution >= 4 is 0 Å². The zero-order valence-corrected chi connectivity index (χ0v) is 26.0. The van der Waals surface area contributed by atoms with Crippen molar-refractivity contribution < 1.29 is 119 Å². The fraction of sp³-hybridized carbons (Fsp3) is 0.133. The molecule has 3 radical (unpaired) electrons. The summed E-state index contributed by atoms with van der Waals surface area (Å²) in [7, 11) is 0. The van der Waals surface area contributed by atoms with E-state index in [9.17, 15) is 0 Å². The van der Waals surface area contributed by atoms with Crippen LogP contribution >= 0.6 is 0 Å². The molecule has 0 aliphatic rings. The van der Waals surface area contributed by atoms with Crippen LogP contribution in [0.15, 0.2) is 30.3 Å². The summed E-state index contributed by atoms with van der Waals surface area (Å²) in [5.74, 6) is 0.